The van der Waals surface area contributed by atoms with Gasteiger partial charge in [0.1, 0.15) is 5.69 Å². The van der Waals surface area contributed by atoms with E-state index in [0.29, 0.717) is 30.6 Å². The van der Waals surface area contributed by atoms with Gasteiger partial charge in [-0.05, 0) is 37.6 Å². The van der Waals surface area contributed by atoms with Crippen molar-refractivity contribution in [2.45, 2.75) is 26.3 Å². The van der Waals surface area contributed by atoms with E-state index < -0.39 is 0 Å². The monoisotopic (exact) mass is 378 g/mol. The first-order valence-corrected chi connectivity index (χ1v) is 9.00. The van der Waals surface area contributed by atoms with Crippen molar-refractivity contribution in [1.29, 1.82) is 0 Å². The number of anilines is 1. The quantitative estimate of drug-likeness (QED) is 0.636. The molecule has 28 heavy (non-hydrogen) atoms. The summed E-state index contributed by atoms with van der Waals surface area (Å²) >= 11 is 0. The van der Waals surface area contributed by atoms with Gasteiger partial charge >= 0.3 is 5.97 Å². The summed E-state index contributed by atoms with van der Waals surface area (Å²) in [6.07, 6.45) is 2.88. The lowest BCUT2D eigenvalue weighted by molar-refractivity contribution is -0.116. The van der Waals surface area contributed by atoms with Crippen molar-refractivity contribution in [3.8, 4) is 11.3 Å². The number of ether oxygens (including phenoxy) is 1. The third-order valence-corrected chi connectivity index (χ3v) is 4.27. The molecule has 144 valence electrons. The number of esters is 1. The fourth-order valence-electron chi connectivity index (χ4n) is 2.70. The molecule has 2 aromatic carbocycles. The van der Waals surface area contributed by atoms with E-state index in [1.165, 1.54) is 7.11 Å². The van der Waals surface area contributed by atoms with Gasteiger partial charge in [-0.1, -0.05) is 35.0 Å². The number of carbonyl (C=O) groups is 2. The van der Waals surface area contributed by atoms with Crippen molar-refractivity contribution in [2.75, 3.05) is 12.4 Å². The lowest BCUT2D eigenvalue weighted by Crippen LogP contribution is -2.12. The lowest BCUT2D eigenvalue weighted by Gasteiger charge is -2.05. The Morgan fingerprint density at radius 1 is 1.07 bits per heavy atom. The third-order valence-electron chi connectivity index (χ3n) is 4.27. The summed E-state index contributed by atoms with van der Waals surface area (Å²) in [5.74, 6) is -0.401. The van der Waals surface area contributed by atoms with Crippen molar-refractivity contribution in [1.82, 2.24) is 15.0 Å². The first kappa shape index (κ1) is 19.3. The molecular formula is C21H22N4O3. The fraction of sp³-hybridized carbons (Fsp3) is 0.238. The standard InChI is InChI=1S/C21H22N4O3/c1-15-5-11-18(12-6-15)22-20(26)4-3-13-25-14-19(23-24-25)16-7-9-17(10-8-16)21(27)28-2/h5-12,14H,3-4,13H2,1-2H3,(H,22,26). The van der Waals surface area contributed by atoms with Crippen LogP contribution < -0.4 is 5.32 Å². The molecule has 0 fully saturated rings. The Balaban J connectivity index is 1.50. The SMILES string of the molecule is COC(=O)c1ccc(-c2cn(CCCC(=O)Nc3ccc(C)cc3)nn2)cc1. The molecule has 0 bridgehead atoms. The number of nitrogens with one attached hydrogen (secondary N) is 1. The number of aryl methyl sites for hydroxylation is 2. The van der Waals surface area contributed by atoms with Gasteiger partial charge in [-0.3, -0.25) is 9.48 Å². The van der Waals surface area contributed by atoms with Gasteiger partial charge in [0.25, 0.3) is 0 Å². The second-order valence-electron chi connectivity index (χ2n) is 6.45. The lowest BCUT2D eigenvalue weighted by atomic mass is 10.1. The molecule has 0 atom stereocenters. The summed E-state index contributed by atoms with van der Waals surface area (Å²) in [6.45, 7) is 2.60. The van der Waals surface area contributed by atoms with Crippen molar-refractivity contribution in [3.63, 3.8) is 0 Å². The van der Waals surface area contributed by atoms with Crippen LogP contribution >= 0.6 is 0 Å². The van der Waals surface area contributed by atoms with E-state index in [-0.39, 0.29) is 11.9 Å². The highest BCUT2D eigenvalue weighted by Crippen LogP contribution is 2.17. The number of methoxy groups -OCH3 is 1. The van der Waals surface area contributed by atoms with E-state index in [2.05, 4.69) is 20.4 Å². The number of hydrogen-bond acceptors (Lipinski definition) is 5. The maximum absolute atomic E-state index is 12.0. The molecule has 0 aliphatic carbocycles. The van der Waals surface area contributed by atoms with Crippen LogP contribution in [0.4, 0.5) is 5.69 Å². The van der Waals surface area contributed by atoms with Crippen LogP contribution in [0.15, 0.2) is 54.7 Å². The number of nitrogens with zero attached hydrogens (tertiary/aromatic N) is 3. The van der Waals surface area contributed by atoms with Crippen LogP contribution in [0.1, 0.15) is 28.8 Å². The molecule has 0 aliphatic heterocycles. The number of aromatic nitrogens is 3. The van der Waals surface area contributed by atoms with Crippen LogP contribution in [0, 0.1) is 6.92 Å². The van der Waals surface area contributed by atoms with Crippen LogP contribution in [-0.4, -0.2) is 34.0 Å². The number of hydrogen-bond donors (Lipinski definition) is 1. The highest BCUT2D eigenvalue weighted by molar-refractivity contribution is 5.90. The average Bonchev–Trinajstić information content (AvgIpc) is 3.18. The smallest absolute Gasteiger partial charge is 0.337 e. The molecule has 1 amide bonds. The van der Waals surface area contributed by atoms with E-state index in [1.807, 2.05) is 37.4 Å². The Bertz CT molecular complexity index is 947. The molecule has 0 saturated heterocycles. The van der Waals surface area contributed by atoms with Gasteiger partial charge in [-0.25, -0.2) is 4.79 Å². The molecule has 3 rings (SSSR count). The van der Waals surface area contributed by atoms with Gasteiger partial charge in [0, 0.05) is 24.2 Å². The van der Waals surface area contributed by atoms with E-state index >= 15 is 0 Å². The molecule has 7 nitrogen and oxygen atoms in total. The van der Waals surface area contributed by atoms with Crippen molar-refractivity contribution < 1.29 is 14.3 Å². The Labute approximate surface area is 163 Å². The maximum atomic E-state index is 12.0. The molecule has 0 radical (unpaired) electrons. The van der Waals surface area contributed by atoms with Gasteiger partial charge in [0.15, 0.2) is 0 Å². The van der Waals surface area contributed by atoms with Crippen molar-refractivity contribution in [3.05, 3.63) is 65.9 Å². The average molecular weight is 378 g/mol. The maximum Gasteiger partial charge on any atom is 0.337 e. The molecular weight excluding hydrogens is 356 g/mol. The van der Waals surface area contributed by atoms with Gasteiger partial charge in [-0.15, -0.1) is 5.10 Å². The van der Waals surface area contributed by atoms with Crippen LogP contribution in [0.25, 0.3) is 11.3 Å². The van der Waals surface area contributed by atoms with Gasteiger partial charge in [-0.2, -0.15) is 0 Å². The normalized spacial score (nSPS) is 10.5. The Morgan fingerprint density at radius 3 is 2.46 bits per heavy atom. The number of carbonyl (C=O) groups excluding carboxylic acids is 2. The van der Waals surface area contributed by atoms with Crippen molar-refractivity contribution >= 4 is 17.6 Å². The highest BCUT2D eigenvalue weighted by atomic mass is 16.5. The van der Waals surface area contributed by atoms with Crippen LogP contribution in [0.2, 0.25) is 0 Å². The topological polar surface area (TPSA) is 86.1 Å². The number of rotatable bonds is 7. The van der Waals surface area contributed by atoms with E-state index in [0.717, 1.165) is 16.8 Å². The Morgan fingerprint density at radius 2 is 1.79 bits per heavy atom. The van der Waals surface area contributed by atoms with Crippen molar-refractivity contribution in [2.24, 2.45) is 0 Å². The first-order valence-electron chi connectivity index (χ1n) is 9.00. The minimum absolute atomic E-state index is 0.0254. The molecule has 0 unspecified atom stereocenters. The summed E-state index contributed by atoms with van der Waals surface area (Å²) in [6, 6.07) is 14.7. The summed E-state index contributed by atoms with van der Waals surface area (Å²) in [5.41, 5.74) is 4.00. The predicted octanol–water partition coefficient (Wildman–Crippen LogP) is 3.46. The van der Waals surface area contributed by atoms with Crippen LogP contribution in [0.3, 0.4) is 0 Å². The minimum Gasteiger partial charge on any atom is -0.465 e. The predicted molar refractivity (Wildman–Crippen MR) is 106 cm³/mol. The second-order valence-corrected chi connectivity index (χ2v) is 6.45. The van der Waals surface area contributed by atoms with E-state index in [4.69, 9.17) is 0 Å². The zero-order chi connectivity index (χ0) is 19.9. The van der Waals surface area contributed by atoms with Gasteiger partial charge in [0.2, 0.25) is 5.91 Å². The van der Waals surface area contributed by atoms with E-state index in [9.17, 15) is 9.59 Å². The van der Waals surface area contributed by atoms with Gasteiger partial charge < -0.3 is 10.1 Å². The van der Waals surface area contributed by atoms with Crippen LogP contribution in [0.5, 0.6) is 0 Å². The largest absolute Gasteiger partial charge is 0.465 e. The molecule has 0 aliphatic rings. The first-order chi connectivity index (χ1) is 13.5. The minimum atomic E-state index is -0.376. The Hall–Kier alpha value is -3.48. The number of benzene rings is 2. The fourth-order valence-corrected chi connectivity index (χ4v) is 2.70. The molecule has 3 aromatic rings. The summed E-state index contributed by atoms with van der Waals surface area (Å²) in [7, 11) is 1.35. The summed E-state index contributed by atoms with van der Waals surface area (Å²) in [4.78, 5) is 23.5. The Kier molecular flexibility index (Phi) is 6.16. The summed E-state index contributed by atoms with van der Waals surface area (Å²) < 4.78 is 6.40. The van der Waals surface area contributed by atoms with Crippen LogP contribution in [-0.2, 0) is 16.1 Å². The third kappa shape index (κ3) is 5.03. The number of amides is 1. The molecule has 1 N–H and O–H groups in total. The molecule has 0 spiro atoms. The highest BCUT2D eigenvalue weighted by Gasteiger charge is 2.08. The molecule has 7 heteroatoms. The second kappa shape index (κ2) is 8.94. The molecule has 1 heterocycles. The zero-order valence-corrected chi connectivity index (χ0v) is 15.9. The summed E-state index contributed by atoms with van der Waals surface area (Å²) in [5, 5.41) is 11.1. The molecule has 0 saturated carbocycles. The zero-order valence-electron chi connectivity index (χ0n) is 15.9. The van der Waals surface area contributed by atoms with Gasteiger partial charge in [0.05, 0.1) is 18.9 Å². The molecule has 1 aromatic heterocycles. The van der Waals surface area contributed by atoms with E-state index in [1.54, 1.807) is 28.9 Å².